The highest BCUT2D eigenvalue weighted by molar-refractivity contribution is 7.15. The van der Waals surface area contributed by atoms with Gasteiger partial charge in [-0.2, -0.15) is 0 Å². The minimum atomic E-state index is -0.0196. The van der Waals surface area contributed by atoms with Crippen LogP contribution in [0.5, 0.6) is 0 Å². The highest BCUT2D eigenvalue weighted by Crippen LogP contribution is 2.21. The van der Waals surface area contributed by atoms with Crippen LogP contribution < -0.4 is 10.6 Å². The van der Waals surface area contributed by atoms with Crippen molar-refractivity contribution in [2.75, 3.05) is 5.32 Å². The molecule has 0 bridgehead atoms. The van der Waals surface area contributed by atoms with Crippen molar-refractivity contribution in [3.8, 4) is 0 Å². The Kier molecular flexibility index (Phi) is 6.54. The molecule has 3 aromatic rings. The second kappa shape index (κ2) is 9.28. The van der Waals surface area contributed by atoms with Gasteiger partial charge >= 0.3 is 0 Å². The molecule has 27 heavy (non-hydrogen) atoms. The third kappa shape index (κ3) is 6.18. The van der Waals surface area contributed by atoms with Crippen molar-refractivity contribution in [1.82, 2.24) is 15.5 Å². The van der Waals surface area contributed by atoms with Gasteiger partial charge < -0.3 is 10.6 Å². The van der Waals surface area contributed by atoms with E-state index in [1.165, 1.54) is 22.5 Å². The topological polar surface area (TPSA) is 66.9 Å². The van der Waals surface area contributed by atoms with Crippen molar-refractivity contribution in [3.05, 3.63) is 70.7 Å². The summed E-state index contributed by atoms with van der Waals surface area (Å²) in [6, 6.07) is 18.5. The zero-order chi connectivity index (χ0) is 19.1. The average Bonchev–Trinajstić information content (AvgIpc) is 3.07. The molecular weight excluding hydrogens is 356 g/mol. The van der Waals surface area contributed by atoms with E-state index in [2.05, 4.69) is 33.0 Å². The number of amides is 1. The lowest BCUT2D eigenvalue weighted by Crippen LogP contribution is -2.34. The Morgan fingerprint density at radius 2 is 1.93 bits per heavy atom. The Morgan fingerprint density at radius 3 is 2.70 bits per heavy atom. The van der Waals surface area contributed by atoms with Crippen molar-refractivity contribution in [2.24, 2.45) is 0 Å². The van der Waals surface area contributed by atoms with Gasteiger partial charge in [-0.3, -0.25) is 4.79 Å². The molecule has 2 N–H and O–H groups in total. The van der Waals surface area contributed by atoms with Gasteiger partial charge in [0.15, 0.2) is 0 Å². The molecule has 0 aliphatic heterocycles. The number of aromatic nitrogens is 2. The van der Waals surface area contributed by atoms with Gasteiger partial charge in [0.05, 0.1) is 6.42 Å². The maximum Gasteiger partial charge on any atom is 0.227 e. The molecule has 3 rings (SSSR count). The van der Waals surface area contributed by atoms with E-state index in [1.807, 2.05) is 56.3 Å². The fraction of sp³-hybridized carbons (Fsp3) is 0.286. The van der Waals surface area contributed by atoms with Crippen LogP contribution in [-0.2, 0) is 17.6 Å². The number of carbonyl (C=O) groups excluding carboxylic acids is 1. The molecule has 0 aliphatic carbocycles. The fourth-order valence-electron chi connectivity index (χ4n) is 2.79. The molecule has 2 aromatic carbocycles. The van der Waals surface area contributed by atoms with Crippen LogP contribution in [0.4, 0.5) is 10.8 Å². The van der Waals surface area contributed by atoms with Gasteiger partial charge in [0.2, 0.25) is 11.0 Å². The van der Waals surface area contributed by atoms with E-state index in [4.69, 9.17) is 0 Å². The van der Waals surface area contributed by atoms with E-state index in [1.54, 1.807) is 0 Å². The number of benzene rings is 2. The Balaban J connectivity index is 1.46. The van der Waals surface area contributed by atoms with Crippen LogP contribution in [0.15, 0.2) is 54.6 Å². The van der Waals surface area contributed by atoms with Gasteiger partial charge in [0.25, 0.3) is 0 Å². The summed E-state index contributed by atoms with van der Waals surface area (Å²) < 4.78 is 0. The Bertz CT molecular complexity index is 879. The number of hydrogen-bond donors (Lipinski definition) is 2. The molecule has 0 saturated carbocycles. The van der Waals surface area contributed by atoms with Gasteiger partial charge in [-0.05, 0) is 49.9 Å². The number of carbonyl (C=O) groups is 1. The summed E-state index contributed by atoms with van der Waals surface area (Å²) in [5, 5.41) is 15.9. The Hall–Kier alpha value is -2.73. The van der Waals surface area contributed by atoms with Crippen molar-refractivity contribution in [1.29, 1.82) is 0 Å². The van der Waals surface area contributed by atoms with Crippen molar-refractivity contribution in [2.45, 2.75) is 39.2 Å². The van der Waals surface area contributed by atoms with Crippen molar-refractivity contribution < 1.29 is 4.79 Å². The maximum absolute atomic E-state index is 12.3. The SMILES string of the molecule is Cc1cccc(Nc2nnc(CC(=O)N[C@@H](C)CCc3ccccc3)s2)c1. The van der Waals surface area contributed by atoms with Gasteiger partial charge in [0.1, 0.15) is 5.01 Å². The van der Waals surface area contributed by atoms with Crippen LogP contribution in [0.3, 0.4) is 0 Å². The van der Waals surface area contributed by atoms with E-state index in [9.17, 15) is 4.79 Å². The van der Waals surface area contributed by atoms with Gasteiger partial charge in [-0.1, -0.05) is 53.8 Å². The lowest BCUT2D eigenvalue weighted by atomic mass is 10.1. The van der Waals surface area contributed by atoms with E-state index in [0.29, 0.717) is 10.1 Å². The zero-order valence-electron chi connectivity index (χ0n) is 15.6. The van der Waals surface area contributed by atoms with Crippen LogP contribution >= 0.6 is 11.3 Å². The number of rotatable bonds is 8. The first-order valence-corrected chi connectivity index (χ1v) is 9.89. The summed E-state index contributed by atoms with van der Waals surface area (Å²) in [6.45, 7) is 4.08. The lowest BCUT2D eigenvalue weighted by Gasteiger charge is -2.13. The molecular formula is C21H24N4OS. The molecule has 1 aromatic heterocycles. The smallest absolute Gasteiger partial charge is 0.227 e. The number of aryl methyl sites for hydroxylation is 2. The molecule has 6 heteroatoms. The first-order valence-electron chi connectivity index (χ1n) is 9.08. The summed E-state index contributed by atoms with van der Waals surface area (Å²) in [5.74, 6) is -0.0196. The first kappa shape index (κ1) is 19.0. The zero-order valence-corrected chi connectivity index (χ0v) is 16.4. The monoisotopic (exact) mass is 380 g/mol. The van der Waals surface area contributed by atoms with E-state index in [-0.39, 0.29) is 18.4 Å². The van der Waals surface area contributed by atoms with Crippen molar-refractivity contribution >= 4 is 28.1 Å². The van der Waals surface area contributed by atoms with Crippen LogP contribution in [0.2, 0.25) is 0 Å². The Labute approximate surface area is 163 Å². The van der Waals surface area contributed by atoms with E-state index >= 15 is 0 Å². The van der Waals surface area contributed by atoms with Gasteiger partial charge in [-0.25, -0.2) is 0 Å². The second-order valence-electron chi connectivity index (χ2n) is 6.67. The quantitative estimate of drug-likeness (QED) is 0.612. The summed E-state index contributed by atoms with van der Waals surface area (Å²) in [4.78, 5) is 12.3. The third-order valence-corrected chi connectivity index (χ3v) is 5.00. The predicted molar refractivity (Wildman–Crippen MR) is 110 cm³/mol. The number of anilines is 2. The van der Waals surface area contributed by atoms with Crippen LogP contribution in [0.1, 0.15) is 29.5 Å². The molecule has 0 unspecified atom stereocenters. The van der Waals surface area contributed by atoms with Crippen LogP contribution in [0, 0.1) is 6.92 Å². The van der Waals surface area contributed by atoms with Crippen molar-refractivity contribution in [3.63, 3.8) is 0 Å². The highest BCUT2D eigenvalue weighted by atomic mass is 32.1. The summed E-state index contributed by atoms with van der Waals surface area (Å²) in [7, 11) is 0. The molecule has 0 aliphatic rings. The summed E-state index contributed by atoms with van der Waals surface area (Å²) >= 11 is 1.41. The molecule has 1 heterocycles. The third-order valence-electron chi connectivity index (χ3n) is 4.16. The molecule has 0 spiro atoms. The average molecular weight is 381 g/mol. The number of nitrogens with one attached hydrogen (secondary N) is 2. The van der Waals surface area contributed by atoms with Crippen LogP contribution in [0.25, 0.3) is 0 Å². The molecule has 5 nitrogen and oxygen atoms in total. The lowest BCUT2D eigenvalue weighted by molar-refractivity contribution is -0.121. The molecule has 0 radical (unpaired) electrons. The van der Waals surface area contributed by atoms with Gasteiger partial charge in [0, 0.05) is 11.7 Å². The molecule has 140 valence electrons. The van der Waals surface area contributed by atoms with E-state index in [0.717, 1.165) is 18.5 Å². The molecule has 0 saturated heterocycles. The van der Waals surface area contributed by atoms with E-state index < -0.39 is 0 Å². The minimum Gasteiger partial charge on any atom is -0.353 e. The molecule has 1 atom stereocenters. The predicted octanol–water partition coefficient (Wildman–Crippen LogP) is 4.27. The minimum absolute atomic E-state index is 0.0196. The second-order valence-corrected chi connectivity index (χ2v) is 7.73. The first-order chi connectivity index (χ1) is 13.1. The largest absolute Gasteiger partial charge is 0.353 e. The summed E-state index contributed by atoms with van der Waals surface area (Å²) in [5.41, 5.74) is 3.43. The highest BCUT2D eigenvalue weighted by Gasteiger charge is 2.12. The molecule has 0 fully saturated rings. The fourth-order valence-corrected chi connectivity index (χ4v) is 3.54. The summed E-state index contributed by atoms with van der Waals surface area (Å²) in [6.07, 6.45) is 2.11. The Morgan fingerprint density at radius 1 is 1.11 bits per heavy atom. The maximum atomic E-state index is 12.3. The normalized spacial score (nSPS) is 11.8. The number of nitrogens with zero attached hydrogens (tertiary/aromatic N) is 2. The molecule has 1 amide bonds. The standard InChI is InChI=1S/C21H24N4OS/c1-15-7-6-10-18(13-15)23-21-25-24-20(27-21)14-19(26)22-16(2)11-12-17-8-4-3-5-9-17/h3-10,13,16H,11-12,14H2,1-2H3,(H,22,26)(H,23,25)/t16-/m0/s1. The van der Waals surface area contributed by atoms with Crippen LogP contribution in [-0.4, -0.2) is 22.1 Å². The number of hydrogen-bond acceptors (Lipinski definition) is 5. The van der Waals surface area contributed by atoms with Gasteiger partial charge in [-0.15, -0.1) is 10.2 Å².